The van der Waals surface area contributed by atoms with Crippen LogP contribution in [0.1, 0.15) is 16.1 Å². The zero-order valence-corrected chi connectivity index (χ0v) is 14.2. The lowest BCUT2D eigenvalue weighted by Gasteiger charge is -2.13. The Morgan fingerprint density at radius 2 is 1.60 bits per heavy atom. The average Bonchev–Trinajstić information content (AvgIpc) is 3.07. The van der Waals surface area contributed by atoms with Crippen molar-refractivity contribution in [1.82, 2.24) is 0 Å². The van der Waals surface area contributed by atoms with Gasteiger partial charge in [-0.15, -0.1) is 0 Å². The smallest absolute Gasteiger partial charge is 0.342 e. The predicted octanol–water partition coefficient (Wildman–Crippen LogP) is 3.82. The van der Waals surface area contributed by atoms with Gasteiger partial charge in [-0.1, -0.05) is 18.2 Å². The Kier molecular flexibility index (Phi) is 4.79. The number of rotatable bonds is 6. The monoisotopic (exact) mass is 342 g/mol. The Morgan fingerprint density at radius 1 is 0.920 bits per heavy atom. The Labute approximate surface area is 144 Å². The summed E-state index contributed by atoms with van der Waals surface area (Å²) in [6.45, 7) is 0.0189. The second kappa shape index (κ2) is 7.17. The number of methoxy groups -OCH3 is 3. The molecular formula is C19H18O6. The van der Waals surface area contributed by atoms with Crippen LogP contribution in [0, 0.1) is 0 Å². The van der Waals surface area contributed by atoms with Crippen LogP contribution in [0.15, 0.2) is 46.9 Å². The normalized spacial score (nSPS) is 10.5. The van der Waals surface area contributed by atoms with Gasteiger partial charge in [0.2, 0.25) is 0 Å². The Bertz CT molecular complexity index is 863. The molecule has 0 aliphatic carbocycles. The maximum absolute atomic E-state index is 12.4. The molecule has 3 aromatic rings. The fourth-order valence-corrected chi connectivity index (χ4v) is 2.51. The molecule has 1 heterocycles. The number of ether oxygens (including phenoxy) is 4. The van der Waals surface area contributed by atoms with Crippen molar-refractivity contribution in [3.63, 3.8) is 0 Å². The van der Waals surface area contributed by atoms with Crippen molar-refractivity contribution in [3.05, 3.63) is 53.8 Å². The first-order valence-electron chi connectivity index (χ1n) is 7.61. The van der Waals surface area contributed by atoms with E-state index in [0.29, 0.717) is 23.0 Å². The highest BCUT2D eigenvalue weighted by Gasteiger charge is 2.19. The minimum atomic E-state index is -0.543. The van der Waals surface area contributed by atoms with E-state index < -0.39 is 5.97 Å². The van der Waals surface area contributed by atoms with E-state index in [4.69, 9.17) is 23.4 Å². The third-order valence-electron chi connectivity index (χ3n) is 3.75. The molecule has 0 aliphatic heterocycles. The van der Waals surface area contributed by atoms with Gasteiger partial charge in [0.25, 0.3) is 0 Å². The van der Waals surface area contributed by atoms with Gasteiger partial charge in [-0.25, -0.2) is 4.79 Å². The van der Waals surface area contributed by atoms with Crippen LogP contribution in [0.4, 0.5) is 0 Å². The van der Waals surface area contributed by atoms with Gasteiger partial charge in [0, 0.05) is 17.5 Å². The van der Waals surface area contributed by atoms with E-state index in [9.17, 15) is 4.79 Å². The number of carbonyl (C=O) groups is 1. The van der Waals surface area contributed by atoms with E-state index in [2.05, 4.69) is 0 Å². The van der Waals surface area contributed by atoms with Crippen molar-refractivity contribution in [3.8, 4) is 17.2 Å². The second-order valence-corrected chi connectivity index (χ2v) is 5.23. The first-order chi connectivity index (χ1) is 12.2. The van der Waals surface area contributed by atoms with Gasteiger partial charge in [-0.05, 0) is 12.1 Å². The molecule has 0 radical (unpaired) electrons. The van der Waals surface area contributed by atoms with E-state index in [-0.39, 0.29) is 12.2 Å². The highest BCUT2D eigenvalue weighted by Crippen LogP contribution is 2.35. The molecule has 0 aliphatic rings. The summed E-state index contributed by atoms with van der Waals surface area (Å²) >= 11 is 0. The number of carbonyl (C=O) groups excluding carboxylic acids is 1. The Balaban J connectivity index is 1.80. The molecule has 0 fully saturated rings. The Morgan fingerprint density at radius 3 is 2.28 bits per heavy atom. The lowest BCUT2D eigenvalue weighted by Crippen LogP contribution is -2.08. The number of hydrogen-bond acceptors (Lipinski definition) is 6. The summed E-state index contributed by atoms with van der Waals surface area (Å²) in [4.78, 5) is 12.4. The zero-order chi connectivity index (χ0) is 17.8. The summed E-state index contributed by atoms with van der Waals surface area (Å²) in [5.74, 6) is 1.24. The maximum atomic E-state index is 12.4. The van der Waals surface area contributed by atoms with Crippen molar-refractivity contribution in [1.29, 1.82) is 0 Å². The van der Waals surface area contributed by atoms with E-state index in [0.717, 1.165) is 11.0 Å². The number of hydrogen-bond donors (Lipinski definition) is 0. The van der Waals surface area contributed by atoms with Crippen LogP contribution in [-0.2, 0) is 11.3 Å². The highest BCUT2D eigenvalue weighted by atomic mass is 16.5. The number of benzene rings is 2. The third kappa shape index (κ3) is 3.38. The standard InChI is InChI=1S/C19H18O6/c1-21-16-10-18(23-3)17(22-2)9-14(16)19(20)24-11-13-8-12-6-4-5-7-15(12)25-13/h4-10H,11H2,1-3H3. The van der Waals surface area contributed by atoms with E-state index in [1.165, 1.54) is 27.4 Å². The van der Waals surface area contributed by atoms with Crippen LogP contribution >= 0.6 is 0 Å². The summed E-state index contributed by atoms with van der Waals surface area (Å²) in [6, 6.07) is 12.5. The molecule has 6 heteroatoms. The van der Waals surface area contributed by atoms with Gasteiger partial charge in [0.1, 0.15) is 29.3 Å². The molecule has 0 bridgehead atoms. The van der Waals surface area contributed by atoms with Gasteiger partial charge in [-0.3, -0.25) is 0 Å². The van der Waals surface area contributed by atoms with Gasteiger partial charge in [0.05, 0.1) is 21.3 Å². The molecule has 2 aromatic carbocycles. The van der Waals surface area contributed by atoms with Crippen molar-refractivity contribution >= 4 is 16.9 Å². The molecule has 130 valence electrons. The van der Waals surface area contributed by atoms with Crippen LogP contribution in [0.5, 0.6) is 17.2 Å². The SMILES string of the molecule is COc1cc(OC)c(C(=O)OCc2cc3ccccc3o2)cc1OC. The topological polar surface area (TPSA) is 67.1 Å². The van der Waals surface area contributed by atoms with Crippen molar-refractivity contribution in [2.24, 2.45) is 0 Å². The van der Waals surface area contributed by atoms with E-state index in [1.807, 2.05) is 30.3 Å². The molecule has 0 N–H and O–H groups in total. The Hall–Kier alpha value is -3.15. The number of esters is 1. The van der Waals surface area contributed by atoms with Crippen LogP contribution in [-0.4, -0.2) is 27.3 Å². The molecule has 0 amide bonds. The molecule has 25 heavy (non-hydrogen) atoms. The van der Waals surface area contributed by atoms with Gasteiger partial charge >= 0.3 is 5.97 Å². The minimum Gasteiger partial charge on any atom is -0.496 e. The summed E-state index contributed by atoms with van der Waals surface area (Å²) in [6.07, 6.45) is 0. The van der Waals surface area contributed by atoms with Crippen LogP contribution in [0.3, 0.4) is 0 Å². The van der Waals surface area contributed by atoms with Crippen molar-refractivity contribution < 1.29 is 28.2 Å². The molecule has 3 rings (SSSR count). The second-order valence-electron chi connectivity index (χ2n) is 5.23. The lowest BCUT2D eigenvalue weighted by atomic mass is 10.1. The number of furan rings is 1. The number of fused-ring (bicyclic) bond motifs is 1. The molecule has 0 atom stereocenters. The van der Waals surface area contributed by atoms with Crippen LogP contribution in [0.2, 0.25) is 0 Å². The molecule has 0 saturated heterocycles. The average molecular weight is 342 g/mol. The van der Waals surface area contributed by atoms with E-state index in [1.54, 1.807) is 6.07 Å². The molecule has 6 nitrogen and oxygen atoms in total. The number of para-hydroxylation sites is 1. The molecule has 0 unspecified atom stereocenters. The minimum absolute atomic E-state index is 0.0189. The van der Waals surface area contributed by atoms with Crippen LogP contribution < -0.4 is 14.2 Å². The van der Waals surface area contributed by atoms with Crippen molar-refractivity contribution in [2.45, 2.75) is 6.61 Å². The third-order valence-corrected chi connectivity index (χ3v) is 3.75. The first-order valence-corrected chi connectivity index (χ1v) is 7.61. The maximum Gasteiger partial charge on any atom is 0.342 e. The van der Waals surface area contributed by atoms with Gasteiger partial charge < -0.3 is 23.4 Å². The summed E-state index contributed by atoms with van der Waals surface area (Å²) < 4.78 is 26.7. The van der Waals surface area contributed by atoms with Gasteiger partial charge in [0.15, 0.2) is 11.5 Å². The van der Waals surface area contributed by atoms with E-state index >= 15 is 0 Å². The fourth-order valence-electron chi connectivity index (χ4n) is 2.51. The summed E-state index contributed by atoms with van der Waals surface area (Å²) in [7, 11) is 4.47. The van der Waals surface area contributed by atoms with Gasteiger partial charge in [-0.2, -0.15) is 0 Å². The first kappa shape index (κ1) is 16.7. The molecular weight excluding hydrogens is 324 g/mol. The lowest BCUT2D eigenvalue weighted by molar-refractivity contribution is 0.0443. The summed E-state index contributed by atoms with van der Waals surface area (Å²) in [5, 5.41) is 0.956. The quantitative estimate of drug-likeness (QED) is 0.635. The fraction of sp³-hybridized carbons (Fsp3) is 0.211. The largest absolute Gasteiger partial charge is 0.496 e. The predicted molar refractivity (Wildman–Crippen MR) is 91.4 cm³/mol. The molecule has 0 saturated carbocycles. The van der Waals surface area contributed by atoms with Crippen molar-refractivity contribution in [2.75, 3.05) is 21.3 Å². The highest BCUT2D eigenvalue weighted by molar-refractivity contribution is 5.93. The molecule has 0 spiro atoms. The summed E-state index contributed by atoms with van der Waals surface area (Å²) in [5.41, 5.74) is 0.994. The zero-order valence-electron chi connectivity index (χ0n) is 14.2. The molecule has 1 aromatic heterocycles. The van der Waals surface area contributed by atoms with Crippen LogP contribution in [0.25, 0.3) is 11.0 Å².